The molecule has 0 spiro atoms. The molecular formula is C28H26F4N2O3. The predicted octanol–water partition coefficient (Wildman–Crippen LogP) is 5.34. The smallest absolute Gasteiger partial charge is 0.309 e. The Balaban J connectivity index is 1.38. The maximum absolute atomic E-state index is 14.6. The molecule has 0 amide bonds. The van der Waals surface area contributed by atoms with Crippen molar-refractivity contribution in [3.63, 3.8) is 0 Å². The number of pyridine rings is 1. The van der Waals surface area contributed by atoms with Crippen molar-refractivity contribution in [3.8, 4) is 17.6 Å². The number of methoxy groups -OCH3 is 1. The Bertz CT molecular complexity index is 1350. The lowest BCUT2D eigenvalue weighted by molar-refractivity contribution is -0.152. The van der Waals surface area contributed by atoms with Crippen LogP contribution < -0.4 is 4.74 Å². The quantitative estimate of drug-likeness (QED) is 0.341. The number of fused-ring (bicyclic) bond motifs is 1. The average Bonchev–Trinajstić information content (AvgIpc) is 2.87. The topological polar surface area (TPSA) is 62.7 Å². The van der Waals surface area contributed by atoms with Gasteiger partial charge in [-0.2, -0.15) is 0 Å². The lowest BCUT2D eigenvalue weighted by atomic mass is 9.74. The summed E-state index contributed by atoms with van der Waals surface area (Å²) in [5, 5.41) is 10.7. The van der Waals surface area contributed by atoms with Gasteiger partial charge in [-0.15, -0.1) is 0 Å². The van der Waals surface area contributed by atoms with Gasteiger partial charge >= 0.3 is 5.97 Å². The van der Waals surface area contributed by atoms with Crippen LogP contribution in [0.5, 0.6) is 5.75 Å². The summed E-state index contributed by atoms with van der Waals surface area (Å²) in [6, 6.07) is 6.39. The minimum atomic E-state index is -1.06. The molecule has 2 aromatic carbocycles. The molecule has 1 fully saturated rings. The molecule has 0 unspecified atom stereocenters. The second-order valence-electron chi connectivity index (χ2n) is 9.23. The number of nitrogens with zero attached hydrogens (tertiary/aromatic N) is 2. The molecule has 5 nitrogen and oxygen atoms in total. The molecule has 1 aliphatic heterocycles. The van der Waals surface area contributed by atoms with Crippen LogP contribution in [0.25, 0.3) is 10.9 Å². The monoisotopic (exact) mass is 514 g/mol. The Hall–Kier alpha value is -3.64. The van der Waals surface area contributed by atoms with E-state index in [-0.39, 0.29) is 6.54 Å². The summed E-state index contributed by atoms with van der Waals surface area (Å²) >= 11 is 0. The van der Waals surface area contributed by atoms with Gasteiger partial charge in [0, 0.05) is 30.6 Å². The molecular weight excluding hydrogens is 488 g/mol. The van der Waals surface area contributed by atoms with Crippen molar-refractivity contribution in [2.45, 2.75) is 32.1 Å². The molecule has 2 heterocycles. The van der Waals surface area contributed by atoms with Crippen LogP contribution in [0.15, 0.2) is 36.5 Å². The van der Waals surface area contributed by atoms with Gasteiger partial charge in [0.25, 0.3) is 0 Å². The highest BCUT2D eigenvalue weighted by molar-refractivity contribution is 5.83. The summed E-state index contributed by atoms with van der Waals surface area (Å²) in [6.07, 6.45) is 3.13. The second kappa shape index (κ2) is 11.2. The van der Waals surface area contributed by atoms with E-state index in [1.807, 2.05) is 4.90 Å². The van der Waals surface area contributed by atoms with E-state index in [9.17, 15) is 27.5 Å². The third kappa shape index (κ3) is 5.86. The van der Waals surface area contributed by atoms with Gasteiger partial charge in [-0.1, -0.05) is 11.8 Å². The SMILES string of the molecule is COc1ccc2ncc(F)c(CCCC3(C(=O)O)CCN(CC#Cc4c(F)cc(F)cc4F)CC3)c2c1. The number of piperidine rings is 1. The van der Waals surface area contributed by atoms with E-state index in [4.69, 9.17) is 4.74 Å². The maximum Gasteiger partial charge on any atom is 0.309 e. The molecule has 0 radical (unpaired) electrons. The predicted molar refractivity (Wildman–Crippen MR) is 130 cm³/mol. The van der Waals surface area contributed by atoms with E-state index in [1.54, 1.807) is 18.2 Å². The van der Waals surface area contributed by atoms with E-state index in [1.165, 1.54) is 13.3 Å². The Morgan fingerprint density at radius 1 is 1.11 bits per heavy atom. The fourth-order valence-electron chi connectivity index (χ4n) is 4.80. The number of aliphatic carboxylic acids is 1. The highest BCUT2D eigenvalue weighted by Crippen LogP contribution is 2.37. The van der Waals surface area contributed by atoms with E-state index in [2.05, 4.69) is 16.8 Å². The van der Waals surface area contributed by atoms with Crippen LogP contribution in [0.1, 0.15) is 36.8 Å². The normalized spacial score (nSPS) is 15.3. The minimum absolute atomic E-state index is 0.196. The van der Waals surface area contributed by atoms with Crippen LogP contribution in [-0.4, -0.2) is 47.7 Å². The van der Waals surface area contributed by atoms with Crippen molar-refractivity contribution in [2.75, 3.05) is 26.7 Å². The third-order valence-corrected chi connectivity index (χ3v) is 7.01. The number of likely N-dealkylation sites (tertiary alicyclic amines) is 1. The lowest BCUT2D eigenvalue weighted by Crippen LogP contribution is -2.44. The minimum Gasteiger partial charge on any atom is -0.497 e. The molecule has 194 valence electrons. The Kier molecular flexibility index (Phi) is 7.98. The van der Waals surface area contributed by atoms with Crippen molar-refractivity contribution in [1.29, 1.82) is 0 Å². The van der Waals surface area contributed by atoms with Gasteiger partial charge in [0.05, 0.1) is 36.3 Å². The van der Waals surface area contributed by atoms with Gasteiger partial charge in [0.1, 0.15) is 29.0 Å². The van der Waals surface area contributed by atoms with Gasteiger partial charge in [-0.05, 0) is 55.9 Å². The Morgan fingerprint density at radius 3 is 2.46 bits per heavy atom. The van der Waals surface area contributed by atoms with Crippen LogP contribution in [0.4, 0.5) is 17.6 Å². The third-order valence-electron chi connectivity index (χ3n) is 7.01. The fraction of sp³-hybridized carbons (Fsp3) is 0.357. The fourth-order valence-corrected chi connectivity index (χ4v) is 4.80. The first-order chi connectivity index (χ1) is 17.7. The molecule has 37 heavy (non-hydrogen) atoms. The number of aromatic nitrogens is 1. The number of carboxylic acids is 1. The van der Waals surface area contributed by atoms with Crippen LogP contribution >= 0.6 is 0 Å². The summed E-state index contributed by atoms with van der Waals surface area (Å²) < 4.78 is 60.5. The van der Waals surface area contributed by atoms with Crippen molar-refractivity contribution in [3.05, 3.63) is 70.9 Å². The largest absolute Gasteiger partial charge is 0.497 e. The molecule has 4 rings (SSSR count). The molecule has 0 bridgehead atoms. The van der Waals surface area contributed by atoms with Crippen molar-refractivity contribution in [2.24, 2.45) is 5.41 Å². The van der Waals surface area contributed by atoms with Gasteiger partial charge in [-0.3, -0.25) is 14.7 Å². The molecule has 3 aromatic rings. The van der Waals surface area contributed by atoms with E-state index in [0.717, 1.165) is 0 Å². The van der Waals surface area contributed by atoms with E-state index < -0.39 is 40.2 Å². The summed E-state index contributed by atoms with van der Waals surface area (Å²) in [6.45, 7) is 1.08. The molecule has 1 aliphatic rings. The van der Waals surface area contributed by atoms with Crippen LogP contribution in [-0.2, 0) is 11.2 Å². The van der Waals surface area contributed by atoms with Gasteiger partial charge < -0.3 is 9.84 Å². The number of benzene rings is 2. The molecule has 0 saturated carbocycles. The number of rotatable bonds is 7. The summed E-state index contributed by atoms with van der Waals surface area (Å²) in [5.74, 6) is 1.21. The number of carboxylic acid groups (broad SMARTS) is 1. The van der Waals surface area contributed by atoms with Crippen LogP contribution in [0.3, 0.4) is 0 Å². The first-order valence-corrected chi connectivity index (χ1v) is 11.9. The van der Waals surface area contributed by atoms with Crippen molar-refractivity contribution in [1.82, 2.24) is 9.88 Å². The average molecular weight is 515 g/mol. The Morgan fingerprint density at radius 2 is 1.81 bits per heavy atom. The molecule has 1 N–H and O–H groups in total. The van der Waals surface area contributed by atoms with E-state index in [0.29, 0.717) is 79.5 Å². The summed E-state index contributed by atoms with van der Waals surface area (Å²) in [5.41, 5.74) is -0.319. The molecule has 9 heteroatoms. The zero-order valence-corrected chi connectivity index (χ0v) is 20.3. The zero-order valence-electron chi connectivity index (χ0n) is 20.3. The highest BCUT2D eigenvalue weighted by Gasteiger charge is 2.40. The van der Waals surface area contributed by atoms with Crippen LogP contribution in [0, 0.1) is 40.5 Å². The number of aryl methyl sites for hydroxylation is 1. The maximum atomic E-state index is 14.6. The zero-order chi connectivity index (χ0) is 26.6. The number of hydrogen-bond acceptors (Lipinski definition) is 4. The van der Waals surface area contributed by atoms with E-state index >= 15 is 0 Å². The van der Waals surface area contributed by atoms with Gasteiger partial charge in [0.15, 0.2) is 0 Å². The summed E-state index contributed by atoms with van der Waals surface area (Å²) in [7, 11) is 1.53. The highest BCUT2D eigenvalue weighted by atomic mass is 19.1. The summed E-state index contributed by atoms with van der Waals surface area (Å²) in [4.78, 5) is 18.3. The van der Waals surface area contributed by atoms with Crippen LogP contribution in [0.2, 0.25) is 0 Å². The number of hydrogen-bond donors (Lipinski definition) is 1. The standard InChI is InChI=1S/C28H26F4N2O3/c1-37-19-6-7-26-22(16-19)20(25(32)17-33-26)4-2-8-28(27(35)36)9-12-34(13-10-28)11-3-5-21-23(30)14-18(29)15-24(21)31/h6-7,14-17H,2,4,8-13H2,1H3,(H,35,36). The first-order valence-electron chi connectivity index (χ1n) is 11.9. The number of halogens is 4. The molecule has 1 saturated heterocycles. The Labute approximate surface area is 212 Å². The molecule has 0 atom stereocenters. The lowest BCUT2D eigenvalue weighted by Gasteiger charge is -2.38. The second-order valence-corrected chi connectivity index (χ2v) is 9.23. The van der Waals surface area contributed by atoms with Crippen molar-refractivity contribution >= 4 is 16.9 Å². The number of ether oxygens (including phenoxy) is 1. The number of carbonyl (C=O) groups is 1. The van der Waals surface area contributed by atoms with Gasteiger partial charge in [-0.25, -0.2) is 17.6 Å². The first kappa shape index (κ1) is 26.4. The molecule has 0 aliphatic carbocycles. The molecule has 1 aromatic heterocycles. The van der Waals surface area contributed by atoms with Gasteiger partial charge in [0.2, 0.25) is 0 Å². The van der Waals surface area contributed by atoms with Crippen molar-refractivity contribution < 1.29 is 32.2 Å².